The zero-order chi connectivity index (χ0) is 23.6. The predicted octanol–water partition coefficient (Wildman–Crippen LogP) is 8.58. The first-order valence-electron chi connectivity index (χ1n) is 10.8. The summed E-state index contributed by atoms with van der Waals surface area (Å²) in [5.74, 6) is 0. The number of halogens is 4. The Morgan fingerprint density at radius 1 is 0.500 bits per heavy atom. The lowest BCUT2D eigenvalue weighted by Crippen LogP contribution is -2.22. The van der Waals surface area contributed by atoms with Crippen LogP contribution in [0.2, 0.25) is 20.1 Å². The van der Waals surface area contributed by atoms with Crippen molar-refractivity contribution in [3.05, 3.63) is 92.9 Å². The Hall–Kier alpha value is -2.40. The molecule has 6 rings (SSSR count). The van der Waals surface area contributed by atoms with Gasteiger partial charge in [0.05, 0.1) is 19.2 Å². The molecule has 4 aromatic carbocycles. The molecule has 0 aliphatic carbocycles. The van der Waals surface area contributed by atoms with Gasteiger partial charge in [-0.05, 0) is 72.8 Å². The molecule has 34 heavy (non-hydrogen) atoms. The molecule has 3 nitrogen and oxygen atoms in total. The Labute approximate surface area is 215 Å². The average molecular weight is 528 g/mol. The van der Waals surface area contributed by atoms with Gasteiger partial charge in [-0.1, -0.05) is 46.4 Å². The number of hydrogen-bond acceptors (Lipinski definition) is 1. The van der Waals surface area contributed by atoms with E-state index in [1.807, 2.05) is 72.8 Å². The van der Waals surface area contributed by atoms with Crippen molar-refractivity contribution in [3.63, 3.8) is 0 Å². The van der Waals surface area contributed by atoms with Crippen LogP contribution in [0, 0.1) is 0 Å². The molecule has 0 saturated carbocycles. The van der Waals surface area contributed by atoms with Crippen LogP contribution >= 0.6 is 46.4 Å². The van der Waals surface area contributed by atoms with Crippen LogP contribution in [0.3, 0.4) is 0 Å². The van der Waals surface area contributed by atoms with E-state index in [-0.39, 0.29) is 0 Å². The van der Waals surface area contributed by atoms with E-state index >= 15 is 0 Å². The first kappa shape index (κ1) is 22.1. The molecule has 0 aliphatic heterocycles. The van der Waals surface area contributed by atoms with Crippen molar-refractivity contribution in [1.82, 2.24) is 9.13 Å². The summed E-state index contributed by atoms with van der Waals surface area (Å²) in [5.41, 5.74) is 4.01. The maximum absolute atomic E-state index is 11.3. The summed E-state index contributed by atoms with van der Waals surface area (Å²) in [7, 11) is 0. The van der Waals surface area contributed by atoms with E-state index in [9.17, 15) is 5.11 Å². The summed E-state index contributed by atoms with van der Waals surface area (Å²) < 4.78 is 4.26. The average Bonchev–Trinajstić information content (AvgIpc) is 3.25. The largest absolute Gasteiger partial charge is 0.389 e. The van der Waals surface area contributed by atoms with Gasteiger partial charge in [-0.25, -0.2) is 0 Å². The number of aliphatic hydroxyl groups excluding tert-OH is 1. The SMILES string of the molecule is OC(Cn1c2ccc(Cl)cc2c2cc(Cl)ccc21)Cn1c2ccc(Cl)cc2c2cc(Cl)ccc21. The minimum atomic E-state index is -0.657. The first-order valence-corrected chi connectivity index (χ1v) is 12.3. The Kier molecular flexibility index (Phi) is 5.44. The minimum Gasteiger partial charge on any atom is -0.389 e. The fourth-order valence-corrected chi connectivity index (χ4v) is 5.66. The van der Waals surface area contributed by atoms with Crippen molar-refractivity contribution in [3.8, 4) is 0 Å². The summed E-state index contributed by atoms with van der Waals surface area (Å²) in [6, 6.07) is 23.2. The quantitative estimate of drug-likeness (QED) is 0.244. The number of fused-ring (bicyclic) bond motifs is 6. The molecule has 0 aliphatic rings. The Morgan fingerprint density at radius 2 is 0.765 bits per heavy atom. The number of hydrogen-bond donors (Lipinski definition) is 1. The first-order chi connectivity index (χ1) is 16.4. The monoisotopic (exact) mass is 526 g/mol. The van der Waals surface area contributed by atoms with Crippen molar-refractivity contribution in [2.75, 3.05) is 0 Å². The summed E-state index contributed by atoms with van der Waals surface area (Å²) >= 11 is 25.2. The molecule has 0 amide bonds. The summed E-state index contributed by atoms with van der Waals surface area (Å²) in [6.45, 7) is 0.817. The Balaban J connectivity index is 1.45. The highest BCUT2D eigenvalue weighted by Gasteiger charge is 2.18. The maximum atomic E-state index is 11.3. The number of aromatic nitrogens is 2. The van der Waals surface area contributed by atoms with Gasteiger partial charge in [-0.2, -0.15) is 0 Å². The van der Waals surface area contributed by atoms with Gasteiger partial charge in [-0.15, -0.1) is 0 Å². The zero-order valence-electron chi connectivity index (χ0n) is 17.8. The van der Waals surface area contributed by atoms with Gasteiger partial charge in [0, 0.05) is 63.7 Å². The normalized spacial score (nSPS) is 12.2. The molecule has 0 radical (unpaired) electrons. The molecule has 0 atom stereocenters. The highest BCUT2D eigenvalue weighted by Crippen LogP contribution is 2.35. The second-order valence-corrected chi connectivity index (χ2v) is 10.3. The van der Waals surface area contributed by atoms with Gasteiger partial charge in [0.2, 0.25) is 0 Å². The van der Waals surface area contributed by atoms with E-state index in [1.54, 1.807) is 0 Å². The summed E-state index contributed by atoms with van der Waals surface area (Å²) in [5, 5.41) is 18.0. The fraction of sp³-hybridized carbons (Fsp3) is 0.111. The molecular formula is C27H18Cl4N2O. The molecular weight excluding hydrogens is 510 g/mol. The number of benzene rings is 4. The van der Waals surface area contributed by atoms with Gasteiger partial charge in [-0.3, -0.25) is 0 Å². The second-order valence-electron chi connectivity index (χ2n) is 8.52. The molecule has 0 fully saturated rings. The van der Waals surface area contributed by atoms with Crippen LogP contribution in [0.25, 0.3) is 43.6 Å². The highest BCUT2D eigenvalue weighted by molar-refractivity contribution is 6.34. The van der Waals surface area contributed by atoms with Gasteiger partial charge >= 0.3 is 0 Å². The fourth-order valence-electron chi connectivity index (χ4n) is 4.97. The van der Waals surface area contributed by atoms with E-state index in [0.29, 0.717) is 33.2 Å². The minimum absolute atomic E-state index is 0.408. The molecule has 2 aromatic heterocycles. The van der Waals surface area contributed by atoms with Crippen molar-refractivity contribution in [1.29, 1.82) is 0 Å². The lowest BCUT2D eigenvalue weighted by molar-refractivity contribution is 0.140. The molecule has 170 valence electrons. The third-order valence-corrected chi connectivity index (χ3v) is 7.30. The van der Waals surface area contributed by atoms with Crippen molar-refractivity contribution in [2.45, 2.75) is 19.2 Å². The number of nitrogens with zero attached hydrogens (tertiary/aromatic N) is 2. The lowest BCUT2D eigenvalue weighted by Gasteiger charge is -2.16. The third kappa shape index (κ3) is 3.64. The van der Waals surface area contributed by atoms with Crippen LogP contribution in [0.4, 0.5) is 0 Å². The van der Waals surface area contributed by atoms with Crippen molar-refractivity contribution < 1.29 is 5.11 Å². The molecule has 0 spiro atoms. The number of aliphatic hydroxyl groups is 1. The van der Waals surface area contributed by atoms with Crippen LogP contribution in [-0.2, 0) is 13.1 Å². The lowest BCUT2D eigenvalue weighted by atomic mass is 10.1. The smallest absolute Gasteiger partial charge is 0.0898 e. The van der Waals surface area contributed by atoms with E-state index in [2.05, 4.69) is 9.13 Å². The van der Waals surface area contributed by atoms with E-state index in [1.165, 1.54) is 0 Å². The van der Waals surface area contributed by atoms with Crippen LogP contribution in [0.1, 0.15) is 0 Å². The third-order valence-electron chi connectivity index (χ3n) is 6.36. The molecule has 7 heteroatoms. The van der Waals surface area contributed by atoms with E-state index in [4.69, 9.17) is 46.4 Å². The summed E-state index contributed by atoms with van der Waals surface area (Å²) in [4.78, 5) is 0. The molecule has 1 N–H and O–H groups in total. The van der Waals surface area contributed by atoms with Crippen LogP contribution in [-0.4, -0.2) is 20.3 Å². The van der Waals surface area contributed by atoms with E-state index in [0.717, 1.165) is 43.6 Å². The second kappa shape index (κ2) is 8.37. The van der Waals surface area contributed by atoms with Crippen LogP contribution in [0.15, 0.2) is 72.8 Å². The van der Waals surface area contributed by atoms with Gasteiger partial charge in [0.1, 0.15) is 0 Å². The molecule has 0 saturated heterocycles. The van der Waals surface area contributed by atoms with Crippen molar-refractivity contribution >= 4 is 90.0 Å². The highest BCUT2D eigenvalue weighted by atomic mass is 35.5. The van der Waals surface area contributed by atoms with Crippen molar-refractivity contribution in [2.24, 2.45) is 0 Å². The van der Waals surface area contributed by atoms with E-state index < -0.39 is 6.10 Å². The van der Waals surface area contributed by atoms with Crippen LogP contribution in [0.5, 0.6) is 0 Å². The van der Waals surface area contributed by atoms with Crippen LogP contribution < -0.4 is 0 Å². The van der Waals surface area contributed by atoms with Gasteiger partial charge in [0.15, 0.2) is 0 Å². The predicted molar refractivity (Wildman–Crippen MR) is 145 cm³/mol. The molecule has 0 bridgehead atoms. The summed E-state index contributed by atoms with van der Waals surface area (Å²) in [6.07, 6.45) is -0.657. The zero-order valence-corrected chi connectivity index (χ0v) is 20.8. The molecule has 0 unspecified atom stereocenters. The van der Waals surface area contributed by atoms with Gasteiger partial charge < -0.3 is 14.2 Å². The topological polar surface area (TPSA) is 30.1 Å². The van der Waals surface area contributed by atoms with Gasteiger partial charge in [0.25, 0.3) is 0 Å². The standard InChI is InChI=1S/C27H18Cl4N2O/c28-15-1-5-24-20(9-15)21-10-16(29)2-6-25(21)32(24)13-19(34)14-33-26-7-3-17(30)11-22(26)23-12-18(31)4-8-27(23)33/h1-12,19,34H,13-14H2. The number of rotatable bonds is 4. The molecule has 2 heterocycles. The Bertz CT molecular complexity index is 1490. The maximum Gasteiger partial charge on any atom is 0.0898 e. The Morgan fingerprint density at radius 3 is 1.03 bits per heavy atom. The molecule has 6 aromatic rings.